The Bertz CT molecular complexity index is 757. The summed E-state index contributed by atoms with van der Waals surface area (Å²) >= 11 is 0. The topological polar surface area (TPSA) is 42.0 Å². The van der Waals surface area contributed by atoms with Crippen LogP contribution in [0.3, 0.4) is 0 Å². The van der Waals surface area contributed by atoms with Crippen LogP contribution in [0.4, 0.5) is 13.2 Å². The molecule has 3 aliphatic heterocycles. The van der Waals surface area contributed by atoms with Crippen molar-refractivity contribution in [3.8, 4) is 0 Å². The van der Waals surface area contributed by atoms with Crippen molar-refractivity contribution in [3.63, 3.8) is 0 Å². The molecule has 1 spiro atoms. The number of ether oxygens (including phenoxy) is 2. The van der Waals surface area contributed by atoms with E-state index in [1.165, 1.54) is 6.07 Å². The summed E-state index contributed by atoms with van der Waals surface area (Å²) in [6, 6.07) is 5.80. The normalized spacial score (nSPS) is 24.6. The van der Waals surface area contributed by atoms with Crippen LogP contribution in [0.1, 0.15) is 49.7 Å². The van der Waals surface area contributed by atoms with Crippen molar-refractivity contribution in [2.24, 2.45) is 0 Å². The molecular weight excluding hydrogens is 409 g/mol. The van der Waals surface area contributed by atoms with Gasteiger partial charge in [-0.15, -0.1) is 0 Å². The van der Waals surface area contributed by atoms with E-state index in [1.807, 2.05) is 4.90 Å². The first-order chi connectivity index (χ1) is 14.8. The molecule has 4 rings (SSSR count). The minimum absolute atomic E-state index is 0.00203. The summed E-state index contributed by atoms with van der Waals surface area (Å²) in [7, 11) is 0. The number of halogens is 3. The Morgan fingerprint density at radius 2 is 1.84 bits per heavy atom. The van der Waals surface area contributed by atoms with Gasteiger partial charge in [0.2, 0.25) is 5.91 Å². The van der Waals surface area contributed by atoms with E-state index in [9.17, 15) is 18.0 Å². The summed E-state index contributed by atoms with van der Waals surface area (Å²) in [5, 5.41) is 0. The number of hydrogen-bond donors (Lipinski definition) is 0. The Morgan fingerprint density at radius 1 is 1.13 bits per heavy atom. The van der Waals surface area contributed by atoms with Crippen LogP contribution in [0.15, 0.2) is 24.3 Å². The lowest BCUT2D eigenvalue weighted by Gasteiger charge is -2.46. The van der Waals surface area contributed by atoms with E-state index in [4.69, 9.17) is 9.47 Å². The molecule has 31 heavy (non-hydrogen) atoms. The van der Waals surface area contributed by atoms with Gasteiger partial charge < -0.3 is 14.4 Å². The first kappa shape index (κ1) is 22.6. The van der Waals surface area contributed by atoms with Crippen molar-refractivity contribution < 1.29 is 27.4 Å². The molecule has 172 valence electrons. The van der Waals surface area contributed by atoms with Crippen molar-refractivity contribution in [1.82, 2.24) is 9.80 Å². The standard InChI is InChI=1S/C23H31F3N2O3/c24-23(25,26)20-6-2-1-5-18(20)16-27-12-8-22(9-13-27)15-19(7-14-31-22)30-17-21(29)28-10-3-4-11-28/h1-2,5-6,19H,3-4,7-17H2. The van der Waals surface area contributed by atoms with Gasteiger partial charge >= 0.3 is 6.18 Å². The van der Waals surface area contributed by atoms with E-state index in [0.717, 1.165) is 57.7 Å². The van der Waals surface area contributed by atoms with Crippen LogP contribution in [0.25, 0.3) is 0 Å². The maximum absolute atomic E-state index is 13.3. The quantitative estimate of drug-likeness (QED) is 0.698. The van der Waals surface area contributed by atoms with E-state index in [0.29, 0.717) is 25.3 Å². The molecular formula is C23H31F3N2O3. The maximum atomic E-state index is 13.3. The number of rotatable bonds is 5. The number of hydrogen-bond acceptors (Lipinski definition) is 4. The van der Waals surface area contributed by atoms with Gasteiger partial charge in [-0.1, -0.05) is 18.2 Å². The van der Waals surface area contributed by atoms with Crippen molar-refractivity contribution >= 4 is 5.91 Å². The molecule has 0 saturated carbocycles. The van der Waals surface area contributed by atoms with E-state index in [2.05, 4.69) is 4.90 Å². The predicted molar refractivity (Wildman–Crippen MR) is 109 cm³/mol. The number of carbonyl (C=O) groups is 1. The summed E-state index contributed by atoms with van der Waals surface area (Å²) in [5.74, 6) is 0.0659. The van der Waals surface area contributed by atoms with Crippen molar-refractivity contribution in [1.29, 1.82) is 0 Å². The lowest BCUT2D eigenvalue weighted by atomic mass is 9.83. The Labute approximate surface area is 181 Å². The predicted octanol–water partition coefficient (Wildman–Crippen LogP) is 3.86. The summed E-state index contributed by atoms with van der Waals surface area (Å²) < 4.78 is 51.9. The van der Waals surface area contributed by atoms with Gasteiger partial charge in [-0.2, -0.15) is 13.2 Å². The second kappa shape index (κ2) is 9.46. The lowest BCUT2D eigenvalue weighted by molar-refractivity contribution is -0.163. The van der Waals surface area contributed by atoms with Crippen LogP contribution < -0.4 is 0 Å². The van der Waals surface area contributed by atoms with Gasteiger partial charge in [-0.25, -0.2) is 0 Å². The molecule has 0 bridgehead atoms. The van der Waals surface area contributed by atoms with Crippen LogP contribution in [-0.2, 0) is 27.0 Å². The summed E-state index contributed by atoms with van der Waals surface area (Å²) in [6.07, 6.45) is 0.842. The summed E-state index contributed by atoms with van der Waals surface area (Å²) in [4.78, 5) is 16.2. The molecule has 3 fully saturated rings. The Balaban J connectivity index is 1.28. The molecule has 5 nitrogen and oxygen atoms in total. The number of likely N-dealkylation sites (tertiary alicyclic amines) is 2. The van der Waals surface area contributed by atoms with Crippen molar-refractivity contribution in [2.75, 3.05) is 39.4 Å². The van der Waals surface area contributed by atoms with Gasteiger partial charge in [0.15, 0.2) is 0 Å². The average molecular weight is 441 g/mol. The fourth-order valence-electron chi connectivity index (χ4n) is 5.01. The first-order valence-corrected chi connectivity index (χ1v) is 11.3. The first-order valence-electron chi connectivity index (χ1n) is 11.3. The van der Waals surface area contributed by atoms with E-state index in [-0.39, 0.29) is 30.8 Å². The zero-order chi connectivity index (χ0) is 21.9. The fourth-order valence-corrected chi connectivity index (χ4v) is 5.01. The summed E-state index contributed by atoms with van der Waals surface area (Å²) in [6.45, 7) is 4.04. The molecule has 0 aromatic heterocycles. The lowest BCUT2D eigenvalue weighted by Crippen LogP contribution is -2.51. The average Bonchev–Trinajstić information content (AvgIpc) is 3.29. The van der Waals surface area contributed by atoms with Crippen LogP contribution in [0.2, 0.25) is 0 Å². The van der Waals surface area contributed by atoms with Crippen LogP contribution >= 0.6 is 0 Å². The Kier molecular flexibility index (Phi) is 6.89. The number of carbonyl (C=O) groups excluding carboxylic acids is 1. The van der Waals surface area contributed by atoms with Gasteiger partial charge in [-0.05, 0) is 43.7 Å². The second-order valence-electron chi connectivity index (χ2n) is 8.98. The SMILES string of the molecule is O=C(COC1CCOC2(CCN(Cc3ccccc3C(F)(F)F)CC2)C1)N1CCCC1. The highest BCUT2D eigenvalue weighted by atomic mass is 19.4. The molecule has 3 aliphatic rings. The smallest absolute Gasteiger partial charge is 0.375 e. The Morgan fingerprint density at radius 3 is 2.55 bits per heavy atom. The molecule has 1 aromatic rings. The molecule has 0 aliphatic carbocycles. The third kappa shape index (κ3) is 5.59. The summed E-state index contributed by atoms with van der Waals surface area (Å²) in [5.41, 5.74) is -0.530. The third-order valence-electron chi connectivity index (χ3n) is 6.83. The van der Waals surface area contributed by atoms with Gasteiger partial charge in [0, 0.05) is 45.8 Å². The van der Waals surface area contributed by atoms with E-state index in [1.54, 1.807) is 12.1 Å². The zero-order valence-electron chi connectivity index (χ0n) is 17.8. The van der Waals surface area contributed by atoms with Gasteiger partial charge in [0.1, 0.15) is 6.61 Å². The number of piperidine rings is 1. The maximum Gasteiger partial charge on any atom is 0.416 e. The number of benzene rings is 1. The van der Waals surface area contributed by atoms with Crippen LogP contribution in [0, 0.1) is 0 Å². The highest BCUT2D eigenvalue weighted by Gasteiger charge is 2.41. The highest BCUT2D eigenvalue weighted by molar-refractivity contribution is 5.77. The molecule has 3 heterocycles. The molecule has 3 saturated heterocycles. The second-order valence-corrected chi connectivity index (χ2v) is 8.98. The molecule has 1 atom stereocenters. The highest BCUT2D eigenvalue weighted by Crippen LogP contribution is 2.37. The van der Waals surface area contributed by atoms with Gasteiger partial charge in [0.25, 0.3) is 0 Å². The molecule has 1 aromatic carbocycles. The van der Waals surface area contributed by atoms with E-state index >= 15 is 0 Å². The molecule has 8 heteroatoms. The molecule has 0 N–H and O–H groups in total. The van der Waals surface area contributed by atoms with Gasteiger partial charge in [0.05, 0.1) is 17.3 Å². The number of amides is 1. The fraction of sp³-hybridized carbons (Fsp3) is 0.696. The molecule has 1 amide bonds. The number of nitrogens with zero attached hydrogens (tertiary/aromatic N) is 2. The molecule has 0 radical (unpaired) electrons. The molecule has 1 unspecified atom stereocenters. The number of alkyl halides is 3. The van der Waals surface area contributed by atoms with Crippen molar-refractivity contribution in [3.05, 3.63) is 35.4 Å². The van der Waals surface area contributed by atoms with Crippen molar-refractivity contribution in [2.45, 2.75) is 63.0 Å². The zero-order valence-corrected chi connectivity index (χ0v) is 17.8. The van der Waals surface area contributed by atoms with Crippen LogP contribution in [-0.4, -0.2) is 66.8 Å². The minimum Gasteiger partial charge on any atom is -0.375 e. The van der Waals surface area contributed by atoms with Crippen LogP contribution in [0.5, 0.6) is 0 Å². The third-order valence-corrected chi connectivity index (χ3v) is 6.83. The van der Waals surface area contributed by atoms with E-state index < -0.39 is 11.7 Å². The Hall–Kier alpha value is -1.64. The monoisotopic (exact) mass is 440 g/mol. The largest absolute Gasteiger partial charge is 0.416 e. The minimum atomic E-state index is -4.34. The van der Waals surface area contributed by atoms with Gasteiger partial charge in [-0.3, -0.25) is 9.69 Å².